The van der Waals surface area contributed by atoms with Crippen LogP contribution in [0.15, 0.2) is 27.5 Å². The van der Waals surface area contributed by atoms with Gasteiger partial charge in [-0.3, -0.25) is 4.79 Å². The Labute approximate surface area is 130 Å². The number of carboxylic acids is 2. The van der Waals surface area contributed by atoms with Gasteiger partial charge in [-0.15, -0.1) is 0 Å². The van der Waals surface area contributed by atoms with E-state index in [1.165, 1.54) is 12.1 Å². The highest BCUT2D eigenvalue weighted by molar-refractivity contribution is 9.10. The fraction of sp³-hybridized carbons (Fsp3) is 0. The molecule has 0 atom stereocenters. The smallest absolute Gasteiger partial charge is 0.342 e. The molecule has 1 aromatic carbocycles. The Hall–Kier alpha value is -2.68. The Bertz CT molecular complexity index is 862. The zero-order valence-corrected chi connectivity index (χ0v) is 12.3. The highest BCUT2D eigenvalue weighted by Crippen LogP contribution is 2.31. The van der Waals surface area contributed by atoms with E-state index in [9.17, 15) is 29.0 Å². The summed E-state index contributed by atoms with van der Waals surface area (Å²) < 4.78 is 13.8. The molecule has 0 bridgehead atoms. The largest absolute Gasteiger partial charge is 0.478 e. The van der Waals surface area contributed by atoms with Crippen molar-refractivity contribution in [1.29, 1.82) is 0 Å². The van der Waals surface area contributed by atoms with Gasteiger partial charge in [-0.1, -0.05) is 6.07 Å². The van der Waals surface area contributed by atoms with E-state index in [1.54, 1.807) is 0 Å². The molecule has 22 heavy (non-hydrogen) atoms. The molecule has 7 nitrogen and oxygen atoms in total. The van der Waals surface area contributed by atoms with Gasteiger partial charge in [-0.25, -0.2) is 14.0 Å². The number of rotatable bonds is 3. The highest BCUT2D eigenvalue weighted by Gasteiger charge is 2.26. The first kappa shape index (κ1) is 15.7. The molecule has 0 saturated heterocycles. The Morgan fingerprint density at radius 1 is 1.18 bits per heavy atom. The zero-order valence-electron chi connectivity index (χ0n) is 10.7. The van der Waals surface area contributed by atoms with E-state index >= 15 is 0 Å². The van der Waals surface area contributed by atoms with Crippen LogP contribution in [0.4, 0.5) is 10.2 Å². The van der Waals surface area contributed by atoms with Crippen molar-refractivity contribution in [1.82, 2.24) is 4.98 Å². The first-order valence-corrected chi connectivity index (χ1v) is 6.51. The molecule has 0 fully saturated rings. The summed E-state index contributed by atoms with van der Waals surface area (Å²) in [6.45, 7) is 0. The van der Waals surface area contributed by atoms with Crippen LogP contribution in [-0.2, 0) is 0 Å². The van der Waals surface area contributed by atoms with Crippen molar-refractivity contribution in [2.75, 3.05) is 5.73 Å². The van der Waals surface area contributed by atoms with Crippen molar-refractivity contribution < 1.29 is 24.2 Å². The maximum atomic E-state index is 13.7. The normalized spacial score (nSPS) is 10.5. The lowest BCUT2D eigenvalue weighted by Crippen LogP contribution is -2.24. The topological polar surface area (TPSA) is 133 Å². The Kier molecular flexibility index (Phi) is 4.00. The maximum Gasteiger partial charge on any atom is 0.342 e. The monoisotopic (exact) mass is 370 g/mol. The summed E-state index contributed by atoms with van der Waals surface area (Å²) in [4.78, 5) is 36.4. The third-order valence-electron chi connectivity index (χ3n) is 2.88. The van der Waals surface area contributed by atoms with Crippen LogP contribution in [0.1, 0.15) is 20.7 Å². The fourth-order valence-corrected chi connectivity index (χ4v) is 2.23. The van der Waals surface area contributed by atoms with Crippen LogP contribution in [0, 0.1) is 5.82 Å². The summed E-state index contributed by atoms with van der Waals surface area (Å²) in [6, 6.07) is 3.46. The van der Waals surface area contributed by atoms with Gasteiger partial charge in [0.1, 0.15) is 22.8 Å². The number of nitrogens with two attached hydrogens (primary N) is 1. The second-order valence-corrected chi connectivity index (χ2v) is 5.09. The second kappa shape index (κ2) is 5.60. The van der Waals surface area contributed by atoms with E-state index in [1.807, 2.05) is 4.98 Å². The predicted molar refractivity (Wildman–Crippen MR) is 78.5 cm³/mol. The van der Waals surface area contributed by atoms with E-state index in [0.717, 1.165) is 6.07 Å². The molecule has 1 heterocycles. The van der Waals surface area contributed by atoms with Gasteiger partial charge in [0.25, 0.3) is 5.56 Å². The number of aromatic amines is 1. The quantitative estimate of drug-likeness (QED) is 0.652. The van der Waals surface area contributed by atoms with Gasteiger partial charge in [-0.2, -0.15) is 0 Å². The van der Waals surface area contributed by atoms with Gasteiger partial charge in [0.2, 0.25) is 0 Å². The van der Waals surface area contributed by atoms with Gasteiger partial charge < -0.3 is 20.9 Å². The number of hydrogen-bond acceptors (Lipinski definition) is 4. The van der Waals surface area contributed by atoms with Crippen molar-refractivity contribution >= 4 is 33.7 Å². The highest BCUT2D eigenvalue weighted by atomic mass is 79.9. The lowest BCUT2D eigenvalue weighted by atomic mass is 9.95. The van der Waals surface area contributed by atoms with Crippen molar-refractivity contribution in [3.8, 4) is 11.1 Å². The molecular formula is C13H8BrFN2O5. The van der Waals surface area contributed by atoms with Crippen molar-refractivity contribution in [2.24, 2.45) is 0 Å². The van der Waals surface area contributed by atoms with E-state index in [4.69, 9.17) is 5.73 Å². The standard InChI is InChI=1S/C13H8BrFN2O5/c14-5-2-1-4(3-6(5)15)7-8(12(19)20)10(16)17-11(18)9(7)13(21)22/h1-3H,(H,19,20)(H,21,22)(H3,16,17,18). The molecule has 0 unspecified atom stereocenters. The van der Waals surface area contributed by atoms with Gasteiger partial charge >= 0.3 is 11.9 Å². The van der Waals surface area contributed by atoms with Crippen LogP contribution in [0.25, 0.3) is 11.1 Å². The third-order valence-corrected chi connectivity index (χ3v) is 3.52. The summed E-state index contributed by atoms with van der Waals surface area (Å²) in [6.07, 6.45) is 0. The van der Waals surface area contributed by atoms with Gasteiger partial charge in [-0.05, 0) is 33.6 Å². The summed E-state index contributed by atoms with van der Waals surface area (Å²) in [7, 11) is 0. The molecule has 0 aliphatic rings. The summed E-state index contributed by atoms with van der Waals surface area (Å²) in [5.41, 5.74) is 2.41. The minimum absolute atomic E-state index is 0.0895. The SMILES string of the molecule is Nc1[nH]c(=O)c(C(=O)O)c(-c2ccc(Br)c(F)c2)c1C(=O)O. The van der Waals surface area contributed by atoms with Crippen molar-refractivity contribution in [2.45, 2.75) is 0 Å². The number of anilines is 1. The van der Waals surface area contributed by atoms with Crippen molar-refractivity contribution in [3.63, 3.8) is 0 Å². The molecule has 2 aromatic rings. The number of pyridine rings is 1. The lowest BCUT2D eigenvalue weighted by Gasteiger charge is -2.12. The van der Waals surface area contributed by atoms with Crippen LogP contribution >= 0.6 is 15.9 Å². The summed E-state index contributed by atoms with van der Waals surface area (Å²) in [5, 5.41) is 18.4. The number of nitrogens with one attached hydrogen (secondary N) is 1. The second-order valence-electron chi connectivity index (χ2n) is 4.23. The number of H-pyrrole nitrogens is 1. The Morgan fingerprint density at radius 2 is 1.77 bits per heavy atom. The van der Waals surface area contributed by atoms with Crippen LogP contribution < -0.4 is 11.3 Å². The molecule has 0 aliphatic heterocycles. The molecule has 0 amide bonds. The number of benzene rings is 1. The number of aromatic nitrogens is 1. The zero-order chi connectivity index (χ0) is 16.6. The first-order valence-electron chi connectivity index (χ1n) is 5.71. The van der Waals surface area contributed by atoms with E-state index in [0.29, 0.717) is 0 Å². The van der Waals surface area contributed by atoms with Gasteiger partial charge in [0.05, 0.1) is 4.47 Å². The van der Waals surface area contributed by atoms with Crippen LogP contribution in [0.2, 0.25) is 0 Å². The number of aromatic carboxylic acids is 2. The minimum atomic E-state index is -1.65. The first-order chi connectivity index (χ1) is 10.2. The van der Waals surface area contributed by atoms with Gasteiger partial charge in [0, 0.05) is 5.56 Å². The van der Waals surface area contributed by atoms with Gasteiger partial charge in [0.15, 0.2) is 0 Å². The minimum Gasteiger partial charge on any atom is -0.478 e. The van der Waals surface area contributed by atoms with E-state index in [2.05, 4.69) is 15.9 Å². The molecule has 5 N–H and O–H groups in total. The number of carboxylic acid groups (broad SMARTS) is 2. The molecule has 114 valence electrons. The molecule has 9 heteroatoms. The number of hydrogen-bond donors (Lipinski definition) is 4. The lowest BCUT2D eigenvalue weighted by molar-refractivity contribution is 0.0695. The Balaban J connectivity index is 2.98. The van der Waals surface area contributed by atoms with Crippen LogP contribution in [0.3, 0.4) is 0 Å². The molecule has 0 radical (unpaired) electrons. The molecule has 0 aliphatic carbocycles. The molecule has 2 rings (SSSR count). The third kappa shape index (κ3) is 2.58. The molecule has 1 aromatic heterocycles. The summed E-state index contributed by atoms with van der Waals surface area (Å²) in [5.74, 6) is -4.46. The average molecular weight is 371 g/mol. The van der Waals surface area contributed by atoms with Crippen LogP contribution in [-0.4, -0.2) is 27.1 Å². The molecule has 0 spiro atoms. The summed E-state index contributed by atoms with van der Waals surface area (Å²) >= 11 is 2.93. The van der Waals surface area contributed by atoms with E-state index < -0.39 is 45.8 Å². The number of carbonyl (C=O) groups is 2. The average Bonchev–Trinajstić information content (AvgIpc) is 2.39. The van der Waals surface area contributed by atoms with Crippen LogP contribution in [0.5, 0.6) is 0 Å². The number of nitrogen functional groups attached to an aromatic ring is 1. The Morgan fingerprint density at radius 3 is 2.27 bits per heavy atom. The number of halogens is 2. The molecule has 0 saturated carbocycles. The fourth-order valence-electron chi connectivity index (χ4n) is 1.99. The van der Waals surface area contributed by atoms with E-state index in [-0.39, 0.29) is 10.0 Å². The molecular weight excluding hydrogens is 363 g/mol. The predicted octanol–water partition coefficient (Wildman–Crippen LogP) is 1.92. The van der Waals surface area contributed by atoms with Crippen molar-refractivity contribution in [3.05, 3.63) is 50.0 Å². The maximum absolute atomic E-state index is 13.7.